The van der Waals surface area contributed by atoms with Crippen LogP contribution in [0.3, 0.4) is 0 Å². The third-order valence-corrected chi connectivity index (χ3v) is 2.36. The molecule has 0 N–H and O–H groups in total. The highest BCUT2D eigenvalue weighted by molar-refractivity contribution is 5.85. The summed E-state index contributed by atoms with van der Waals surface area (Å²) in [4.78, 5) is 10.2. The van der Waals surface area contributed by atoms with Gasteiger partial charge in [-0.1, -0.05) is 0 Å². The summed E-state index contributed by atoms with van der Waals surface area (Å²) in [7, 11) is 1.93. The molecule has 0 atom stereocenters. The van der Waals surface area contributed by atoms with E-state index in [1.807, 2.05) is 30.8 Å². The number of aromatic nitrogens is 1. The fraction of sp³-hybridized carbons (Fsp3) is 0.200. The van der Waals surface area contributed by atoms with Gasteiger partial charge in [0, 0.05) is 30.8 Å². The molecule has 0 saturated heterocycles. The fourth-order valence-corrected chi connectivity index (χ4v) is 1.77. The van der Waals surface area contributed by atoms with Crippen LogP contribution in [-0.4, -0.2) is 9.49 Å². The van der Waals surface area contributed by atoms with Gasteiger partial charge in [-0.3, -0.25) is 10.1 Å². The Bertz CT molecular complexity index is 514. The molecule has 0 aliphatic rings. The zero-order chi connectivity index (χ0) is 10.3. The maximum absolute atomic E-state index is 10.6. The maximum Gasteiger partial charge on any atom is 0.270 e. The normalized spacial score (nSPS) is 10.7. The van der Waals surface area contributed by atoms with Crippen molar-refractivity contribution in [1.29, 1.82) is 0 Å². The number of fused-ring (bicyclic) bond motifs is 1. The lowest BCUT2D eigenvalue weighted by atomic mass is 10.1. The van der Waals surface area contributed by atoms with Gasteiger partial charge in [-0.25, -0.2) is 0 Å². The highest BCUT2D eigenvalue weighted by Crippen LogP contribution is 2.24. The van der Waals surface area contributed by atoms with E-state index in [2.05, 4.69) is 0 Å². The van der Waals surface area contributed by atoms with Crippen molar-refractivity contribution < 1.29 is 4.92 Å². The molecule has 0 bridgehead atoms. The first-order valence-corrected chi connectivity index (χ1v) is 4.29. The smallest absolute Gasteiger partial charge is 0.270 e. The van der Waals surface area contributed by atoms with Gasteiger partial charge < -0.3 is 4.57 Å². The predicted octanol–water partition coefficient (Wildman–Crippen LogP) is 2.39. The van der Waals surface area contributed by atoms with E-state index in [1.54, 1.807) is 12.1 Å². The second kappa shape index (κ2) is 2.83. The molecular formula is C10H10N2O2. The highest BCUT2D eigenvalue weighted by atomic mass is 16.6. The predicted molar refractivity (Wildman–Crippen MR) is 54.3 cm³/mol. The van der Waals surface area contributed by atoms with Crippen LogP contribution in [-0.2, 0) is 7.05 Å². The maximum atomic E-state index is 10.6. The van der Waals surface area contributed by atoms with E-state index in [0.29, 0.717) is 0 Å². The lowest BCUT2D eigenvalue weighted by Gasteiger charge is -2.00. The molecule has 0 aliphatic heterocycles. The van der Waals surface area contributed by atoms with Gasteiger partial charge in [0.2, 0.25) is 0 Å². The molecule has 4 nitrogen and oxygen atoms in total. The molecule has 0 radical (unpaired) electrons. The molecule has 0 fully saturated rings. The quantitative estimate of drug-likeness (QED) is 0.512. The molecule has 1 aromatic carbocycles. The molecule has 0 saturated carbocycles. The van der Waals surface area contributed by atoms with Gasteiger partial charge in [0.1, 0.15) is 0 Å². The summed E-state index contributed by atoms with van der Waals surface area (Å²) in [6.07, 6.45) is 1.90. The number of aryl methyl sites for hydroxylation is 2. The molecule has 2 rings (SSSR count). The SMILES string of the molecule is Cc1cc([N+](=O)[O-])cc2ccn(C)c12. The Labute approximate surface area is 80.9 Å². The van der Waals surface area contributed by atoms with E-state index in [9.17, 15) is 10.1 Å². The van der Waals surface area contributed by atoms with Crippen molar-refractivity contribution in [3.63, 3.8) is 0 Å². The molecule has 4 heteroatoms. The van der Waals surface area contributed by atoms with Crippen molar-refractivity contribution in [3.8, 4) is 0 Å². The van der Waals surface area contributed by atoms with E-state index in [4.69, 9.17) is 0 Å². The van der Waals surface area contributed by atoms with E-state index >= 15 is 0 Å². The molecule has 1 heterocycles. The summed E-state index contributed by atoms with van der Waals surface area (Å²) in [6.45, 7) is 1.88. The largest absolute Gasteiger partial charge is 0.350 e. The zero-order valence-corrected chi connectivity index (χ0v) is 8.02. The van der Waals surface area contributed by atoms with Crippen LogP contribution < -0.4 is 0 Å². The Hall–Kier alpha value is -1.84. The molecule has 2 aromatic rings. The number of nitro groups is 1. The van der Waals surface area contributed by atoms with Gasteiger partial charge in [-0.15, -0.1) is 0 Å². The Morgan fingerprint density at radius 1 is 1.43 bits per heavy atom. The van der Waals surface area contributed by atoms with E-state index in [1.165, 1.54) is 0 Å². The van der Waals surface area contributed by atoms with Crippen molar-refractivity contribution in [2.45, 2.75) is 6.92 Å². The first-order valence-electron chi connectivity index (χ1n) is 4.29. The average Bonchev–Trinajstić information content (AvgIpc) is 2.48. The van der Waals surface area contributed by atoms with Gasteiger partial charge in [-0.2, -0.15) is 0 Å². The van der Waals surface area contributed by atoms with Crippen molar-refractivity contribution in [2.75, 3.05) is 0 Å². The second-order valence-electron chi connectivity index (χ2n) is 3.38. The summed E-state index contributed by atoms with van der Waals surface area (Å²) in [6, 6.07) is 5.08. The topological polar surface area (TPSA) is 48.1 Å². The van der Waals surface area contributed by atoms with Crippen LogP contribution in [0.1, 0.15) is 5.56 Å². The van der Waals surface area contributed by atoms with Gasteiger partial charge in [0.15, 0.2) is 0 Å². The standard InChI is InChI=1S/C10H10N2O2/c1-7-5-9(12(13)14)6-8-3-4-11(2)10(7)8/h3-6H,1-2H3. The lowest BCUT2D eigenvalue weighted by Crippen LogP contribution is -1.91. The third kappa shape index (κ3) is 1.16. The van der Waals surface area contributed by atoms with E-state index < -0.39 is 0 Å². The zero-order valence-electron chi connectivity index (χ0n) is 8.02. The molecule has 0 aliphatic carbocycles. The Morgan fingerprint density at radius 2 is 2.14 bits per heavy atom. The Balaban J connectivity index is 2.80. The van der Waals surface area contributed by atoms with Gasteiger partial charge in [0.05, 0.1) is 10.4 Å². The fourth-order valence-electron chi connectivity index (χ4n) is 1.77. The van der Waals surface area contributed by atoms with Crippen molar-refractivity contribution in [3.05, 3.63) is 40.1 Å². The monoisotopic (exact) mass is 190 g/mol. The van der Waals surface area contributed by atoms with Gasteiger partial charge >= 0.3 is 0 Å². The van der Waals surface area contributed by atoms with Crippen LogP contribution in [0.2, 0.25) is 0 Å². The molecule has 0 spiro atoms. The summed E-state index contributed by atoms with van der Waals surface area (Å²) in [5, 5.41) is 11.5. The third-order valence-electron chi connectivity index (χ3n) is 2.36. The minimum atomic E-state index is -0.362. The number of non-ortho nitro benzene ring substituents is 1. The average molecular weight is 190 g/mol. The van der Waals surface area contributed by atoms with Crippen molar-refractivity contribution >= 4 is 16.6 Å². The summed E-state index contributed by atoms with van der Waals surface area (Å²) >= 11 is 0. The molecule has 72 valence electrons. The van der Waals surface area contributed by atoms with Gasteiger partial charge in [0.25, 0.3) is 5.69 Å². The number of rotatable bonds is 1. The Kier molecular flexibility index (Phi) is 1.77. The van der Waals surface area contributed by atoms with E-state index in [0.717, 1.165) is 16.5 Å². The van der Waals surface area contributed by atoms with Crippen LogP contribution in [0.15, 0.2) is 24.4 Å². The van der Waals surface area contributed by atoms with Crippen LogP contribution in [0, 0.1) is 17.0 Å². The lowest BCUT2D eigenvalue weighted by molar-refractivity contribution is -0.384. The summed E-state index contributed by atoms with van der Waals surface area (Å²) < 4.78 is 1.97. The molecule has 1 aromatic heterocycles. The van der Waals surface area contributed by atoms with E-state index in [-0.39, 0.29) is 10.6 Å². The number of hydrogen-bond donors (Lipinski definition) is 0. The minimum absolute atomic E-state index is 0.154. The number of nitro benzene ring substituents is 1. The van der Waals surface area contributed by atoms with Crippen LogP contribution in [0.4, 0.5) is 5.69 Å². The van der Waals surface area contributed by atoms with Gasteiger partial charge in [-0.05, 0) is 18.6 Å². The van der Waals surface area contributed by atoms with Crippen molar-refractivity contribution in [1.82, 2.24) is 4.57 Å². The molecule has 0 amide bonds. The van der Waals surface area contributed by atoms with Crippen LogP contribution >= 0.6 is 0 Å². The minimum Gasteiger partial charge on any atom is -0.350 e. The van der Waals surface area contributed by atoms with Crippen molar-refractivity contribution in [2.24, 2.45) is 7.05 Å². The summed E-state index contributed by atoms with van der Waals surface area (Å²) in [5.74, 6) is 0. The number of benzene rings is 1. The second-order valence-corrected chi connectivity index (χ2v) is 3.38. The van der Waals surface area contributed by atoms with Crippen LogP contribution in [0.5, 0.6) is 0 Å². The first kappa shape index (κ1) is 8.74. The van der Waals surface area contributed by atoms with Crippen LogP contribution in [0.25, 0.3) is 10.9 Å². The first-order chi connectivity index (χ1) is 6.59. The summed E-state index contributed by atoms with van der Waals surface area (Å²) in [5.41, 5.74) is 2.14. The molecular weight excluding hydrogens is 180 g/mol. The number of nitrogens with zero attached hydrogens (tertiary/aromatic N) is 2. The molecule has 0 unspecified atom stereocenters. The molecule has 14 heavy (non-hydrogen) atoms. The number of hydrogen-bond acceptors (Lipinski definition) is 2. The Morgan fingerprint density at radius 3 is 2.79 bits per heavy atom. The highest BCUT2D eigenvalue weighted by Gasteiger charge is 2.10.